The third-order valence-corrected chi connectivity index (χ3v) is 3.59. The number of benzene rings is 1. The molecular formula is C9H11ClFNO2S. The Labute approximate surface area is 93.3 Å². The fraction of sp³-hybridized carbons (Fsp3) is 0.333. The van der Waals surface area contributed by atoms with Crippen LogP contribution in [0.4, 0.5) is 4.39 Å². The molecule has 1 aromatic rings. The Bertz CT molecular complexity index is 405. The molecule has 0 atom stereocenters. The van der Waals surface area contributed by atoms with E-state index in [-0.39, 0.29) is 12.4 Å². The Hall–Kier alpha value is -0.650. The van der Waals surface area contributed by atoms with Crippen LogP contribution in [0, 0.1) is 5.82 Å². The summed E-state index contributed by atoms with van der Waals surface area (Å²) in [6.07, 6.45) is 0.510. The van der Waals surface area contributed by atoms with Crippen LogP contribution in [0.15, 0.2) is 24.3 Å². The second-order valence-corrected chi connectivity index (χ2v) is 5.39. The number of hydrogen-bond donors (Lipinski definition) is 1. The molecule has 1 aromatic carbocycles. The van der Waals surface area contributed by atoms with Crippen molar-refractivity contribution in [3.63, 3.8) is 0 Å². The smallest absolute Gasteiger partial charge is 0.214 e. The van der Waals surface area contributed by atoms with E-state index in [9.17, 15) is 12.8 Å². The fourth-order valence-electron chi connectivity index (χ4n) is 1.04. The lowest BCUT2D eigenvalue weighted by atomic mass is 10.1. The number of sulfonamides is 1. The van der Waals surface area contributed by atoms with Crippen molar-refractivity contribution < 1.29 is 12.8 Å². The standard InChI is InChI=1S/C9H11ClFNO2S/c10-7-15(13,14)12-6-5-8-1-3-9(11)4-2-8/h1-4,12H,5-7H2. The van der Waals surface area contributed by atoms with Crippen molar-refractivity contribution in [2.75, 3.05) is 11.8 Å². The van der Waals surface area contributed by atoms with E-state index in [1.807, 2.05) is 0 Å². The first-order valence-electron chi connectivity index (χ1n) is 4.31. The van der Waals surface area contributed by atoms with Gasteiger partial charge in [0, 0.05) is 6.54 Å². The van der Waals surface area contributed by atoms with Gasteiger partial charge in [0.25, 0.3) is 0 Å². The zero-order valence-corrected chi connectivity index (χ0v) is 9.48. The topological polar surface area (TPSA) is 46.2 Å². The van der Waals surface area contributed by atoms with Crippen LogP contribution < -0.4 is 4.72 Å². The normalized spacial score (nSPS) is 11.6. The second kappa shape index (κ2) is 5.44. The monoisotopic (exact) mass is 251 g/mol. The average molecular weight is 252 g/mol. The number of nitrogens with one attached hydrogen (secondary N) is 1. The SMILES string of the molecule is O=S(=O)(CCl)NCCc1ccc(F)cc1. The van der Waals surface area contributed by atoms with E-state index in [0.29, 0.717) is 6.42 Å². The molecule has 0 radical (unpaired) electrons. The fourth-order valence-corrected chi connectivity index (χ4v) is 1.76. The molecule has 0 aliphatic heterocycles. The maximum absolute atomic E-state index is 12.5. The van der Waals surface area contributed by atoms with Gasteiger partial charge in [0.2, 0.25) is 10.0 Å². The molecule has 0 saturated carbocycles. The molecule has 0 amide bonds. The summed E-state index contributed by atoms with van der Waals surface area (Å²) in [6, 6.07) is 5.91. The van der Waals surface area contributed by atoms with Crippen LogP contribution in [0.5, 0.6) is 0 Å². The molecule has 0 aliphatic rings. The molecule has 0 heterocycles. The van der Waals surface area contributed by atoms with Crippen LogP contribution in [0.3, 0.4) is 0 Å². The van der Waals surface area contributed by atoms with Crippen molar-refractivity contribution in [3.8, 4) is 0 Å². The summed E-state index contributed by atoms with van der Waals surface area (Å²) >= 11 is 5.20. The first-order valence-corrected chi connectivity index (χ1v) is 6.50. The molecule has 15 heavy (non-hydrogen) atoms. The van der Waals surface area contributed by atoms with E-state index < -0.39 is 15.2 Å². The number of hydrogen-bond acceptors (Lipinski definition) is 2. The van der Waals surface area contributed by atoms with Crippen LogP contribution in [0.2, 0.25) is 0 Å². The highest BCUT2D eigenvalue weighted by atomic mass is 35.5. The zero-order chi connectivity index (χ0) is 11.3. The predicted octanol–water partition coefficient (Wildman–Crippen LogP) is 1.48. The molecule has 1 N–H and O–H groups in total. The first kappa shape index (κ1) is 12.4. The van der Waals surface area contributed by atoms with Gasteiger partial charge in [-0.25, -0.2) is 17.5 Å². The van der Waals surface area contributed by atoms with Crippen LogP contribution >= 0.6 is 11.6 Å². The maximum atomic E-state index is 12.5. The van der Waals surface area contributed by atoms with E-state index in [2.05, 4.69) is 4.72 Å². The highest BCUT2D eigenvalue weighted by Crippen LogP contribution is 2.03. The molecule has 0 fully saturated rings. The minimum absolute atomic E-state index is 0.265. The number of halogens is 2. The molecular weight excluding hydrogens is 241 g/mol. The lowest BCUT2D eigenvalue weighted by molar-refractivity contribution is 0.586. The van der Waals surface area contributed by atoms with Gasteiger partial charge in [-0.1, -0.05) is 12.1 Å². The van der Waals surface area contributed by atoms with Gasteiger partial charge in [0.05, 0.1) is 0 Å². The zero-order valence-electron chi connectivity index (χ0n) is 7.91. The molecule has 0 unspecified atom stereocenters. The van der Waals surface area contributed by atoms with Crippen LogP contribution in [0.25, 0.3) is 0 Å². The molecule has 1 rings (SSSR count). The highest BCUT2D eigenvalue weighted by Gasteiger charge is 2.06. The largest absolute Gasteiger partial charge is 0.225 e. The van der Waals surface area contributed by atoms with Crippen molar-refractivity contribution >= 4 is 21.6 Å². The van der Waals surface area contributed by atoms with Gasteiger partial charge >= 0.3 is 0 Å². The van der Waals surface area contributed by atoms with E-state index in [4.69, 9.17) is 11.6 Å². The van der Waals surface area contributed by atoms with E-state index in [1.54, 1.807) is 12.1 Å². The van der Waals surface area contributed by atoms with Crippen LogP contribution in [0.1, 0.15) is 5.56 Å². The summed E-state index contributed by atoms with van der Waals surface area (Å²) in [6.45, 7) is 0.265. The maximum Gasteiger partial charge on any atom is 0.225 e. The van der Waals surface area contributed by atoms with Crippen molar-refractivity contribution in [2.45, 2.75) is 6.42 Å². The summed E-state index contributed by atoms with van der Waals surface area (Å²) in [5.74, 6) is -0.305. The van der Waals surface area contributed by atoms with Gasteiger partial charge in [0.15, 0.2) is 0 Å². The van der Waals surface area contributed by atoms with E-state index in [0.717, 1.165) is 5.56 Å². The van der Waals surface area contributed by atoms with Gasteiger partial charge in [-0.05, 0) is 24.1 Å². The predicted molar refractivity (Wildman–Crippen MR) is 57.7 cm³/mol. The highest BCUT2D eigenvalue weighted by molar-refractivity contribution is 7.90. The minimum Gasteiger partial charge on any atom is -0.214 e. The third-order valence-electron chi connectivity index (χ3n) is 1.79. The Morgan fingerprint density at radius 2 is 1.87 bits per heavy atom. The van der Waals surface area contributed by atoms with Crippen molar-refractivity contribution in [2.24, 2.45) is 0 Å². The number of rotatable bonds is 5. The van der Waals surface area contributed by atoms with E-state index >= 15 is 0 Å². The van der Waals surface area contributed by atoms with Crippen molar-refractivity contribution in [1.29, 1.82) is 0 Å². The summed E-state index contributed by atoms with van der Waals surface area (Å²) < 4.78 is 36.7. The van der Waals surface area contributed by atoms with Crippen LogP contribution in [-0.4, -0.2) is 20.2 Å². The average Bonchev–Trinajstić information content (AvgIpc) is 2.21. The Balaban J connectivity index is 2.42. The number of alkyl halides is 1. The van der Waals surface area contributed by atoms with Gasteiger partial charge in [-0.15, -0.1) is 11.6 Å². The first-order chi connectivity index (χ1) is 7.03. The third kappa shape index (κ3) is 4.59. The molecule has 6 heteroatoms. The van der Waals surface area contributed by atoms with Gasteiger partial charge in [-0.3, -0.25) is 0 Å². The Morgan fingerprint density at radius 3 is 2.40 bits per heavy atom. The summed E-state index contributed by atoms with van der Waals surface area (Å²) in [5, 5.41) is -0.448. The molecule has 3 nitrogen and oxygen atoms in total. The summed E-state index contributed by atoms with van der Waals surface area (Å²) in [7, 11) is -3.36. The van der Waals surface area contributed by atoms with Crippen LogP contribution in [-0.2, 0) is 16.4 Å². The Morgan fingerprint density at radius 1 is 1.27 bits per heavy atom. The second-order valence-electron chi connectivity index (χ2n) is 2.99. The van der Waals surface area contributed by atoms with Crippen molar-refractivity contribution in [1.82, 2.24) is 4.72 Å². The van der Waals surface area contributed by atoms with Crippen molar-refractivity contribution in [3.05, 3.63) is 35.6 Å². The van der Waals surface area contributed by atoms with E-state index in [1.165, 1.54) is 12.1 Å². The summed E-state index contributed by atoms with van der Waals surface area (Å²) in [4.78, 5) is 0. The quantitative estimate of drug-likeness (QED) is 0.806. The molecule has 0 aliphatic carbocycles. The van der Waals surface area contributed by atoms with Gasteiger partial charge < -0.3 is 0 Å². The molecule has 84 valence electrons. The molecule has 0 spiro atoms. The van der Waals surface area contributed by atoms with Gasteiger partial charge in [0.1, 0.15) is 11.0 Å². The van der Waals surface area contributed by atoms with Gasteiger partial charge in [-0.2, -0.15) is 0 Å². The minimum atomic E-state index is -3.36. The lowest BCUT2D eigenvalue weighted by Gasteiger charge is -2.03. The molecule has 0 aromatic heterocycles. The summed E-state index contributed by atoms with van der Waals surface area (Å²) in [5.41, 5.74) is 0.869. The molecule has 0 saturated heterocycles. The molecule has 0 bridgehead atoms. The Kier molecular flexibility index (Phi) is 4.50. The lowest BCUT2D eigenvalue weighted by Crippen LogP contribution is -2.26.